The minimum Gasteiger partial charge on any atom is -0.339 e. The lowest BCUT2D eigenvalue weighted by atomic mass is 10.4. The first kappa shape index (κ1) is 13.7. The first-order valence-electron chi connectivity index (χ1n) is 7.76. The quantitative estimate of drug-likeness (QED) is 0.581. The Bertz CT molecular complexity index is 1140. The van der Waals surface area contributed by atoms with E-state index in [0.29, 0.717) is 29.2 Å². The number of pyridine rings is 2. The molecule has 0 bridgehead atoms. The molecule has 0 unspecified atom stereocenters. The number of nitrogens with one attached hydrogen (secondary N) is 1. The number of halogens is 1. The molecule has 0 aliphatic heterocycles. The summed E-state index contributed by atoms with van der Waals surface area (Å²) >= 11 is 5.90. The lowest BCUT2D eigenvalue weighted by molar-refractivity contribution is 0.661. The van der Waals surface area contributed by atoms with Gasteiger partial charge >= 0.3 is 5.69 Å². The van der Waals surface area contributed by atoms with E-state index in [9.17, 15) is 4.79 Å². The van der Waals surface area contributed by atoms with Gasteiger partial charge in [-0.15, -0.1) is 0 Å². The number of hydrogen-bond donors (Lipinski definition) is 1. The molecule has 0 aromatic carbocycles. The maximum Gasteiger partial charge on any atom is 0.329 e. The highest BCUT2D eigenvalue weighted by molar-refractivity contribution is 6.29. The summed E-state index contributed by atoms with van der Waals surface area (Å²) in [4.78, 5) is 28.9. The normalized spacial score (nSPS) is 14.7. The summed E-state index contributed by atoms with van der Waals surface area (Å²) in [5.74, 6) is 0.667. The van der Waals surface area contributed by atoms with Gasteiger partial charge in [0.25, 0.3) is 0 Å². The van der Waals surface area contributed by atoms with Crippen LogP contribution >= 0.6 is 11.6 Å². The van der Waals surface area contributed by atoms with Gasteiger partial charge in [-0.25, -0.2) is 14.8 Å². The van der Waals surface area contributed by atoms with Crippen molar-refractivity contribution in [3.63, 3.8) is 0 Å². The van der Waals surface area contributed by atoms with Crippen LogP contribution in [0.4, 0.5) is 0 Å². The third-order valence-electron chi connectivity index (χ3n) is 4.35. The molecular weight excluding hydrogens is 328 g/mol. The minimum absolute atomic E-state index is 0.0213. The Kier molecular flexibility index (Phi) is 2.81. The van der Waals surface area contributed by atoms with Crippen LogP contribution in [0.5, 0.6) is 0 Å². The van der Waals surface area contributed by atoms with Gasteiger partial charge in [0.05, 0.1) is 29.3 Å². The Labute approximate surface area is 140 Å². The van der Waals surface area contributed by atoms with Gasteiger partial charge in [-0.3, -0.25) is 14.1 Å². The standard InChI is InChI=1S/C16H13ClN6O/c17-13-4-3-10-15(20-13)21-14(19-10)8-22-12-7-18-6-5-11(12)23(16(22)24)9-1-2-9/h3-7,9H,1-2,8H2,(H,19,20,21). The lowest BCUT2D eigenvalue weighted by Crippen LogP contribution is -2.24. The van der Waals surface area contributed by atoms with Gasteiger partial charge in [0.1, 0.15) is 11.0 Å². The van der Waals surface area contributed by atoms with Crippen LogP contribution in [-0.4, -0.2) is 29.1 Å². The van der Waals surface area contributed by atoms with E-state index in [1.54, 1.807) is 23.0 Å². The predicted molar refractivity (Wildman–Crippen MR) is 90.3 cm³/mol. The second-order valence-corrected chi connectivity index (χ2v) is 6.41. The third kappa shape index (κ3) is 2.05. The molecular formula is C16H13ClN6O. The van der Waals surface area contributed by atoms with Crippen molar-refractivity contribution in [3.8, 4) is 0 Å². The maximum atomic E-state index is 12.9. The first-order valence-corrected chi connectivity index (χ1v) is 8.14. The molecule has 120 valence electrons. The van der Waals surface area contributed by atoms with Gasteiger partial charge in [0.2, 0.25) is 0 Å². The number of imidazole rings is 2. The van der Waals surface area contributed by atoms with Crippen LogP contribution in [0.15, 0.2) is 35.4 Å². The second-order valence-electron chi connectivity index (χ2n) is 6.02. The molecule has 1 saturated carbocycles. The van der Waals surface area contributed by atoms with E-state index in [1.165, 1.54) is 0 Å². The molecule has 24 heavy (non-hydrogen) atoms. The molecule has 0 radical (unpaired) electrons. The van der Waals surface area contributed by atoms with Crippen LogP contribution in [0, 0.1) is 0 Å². The molecule has 0 amide bonds. The van der Waals surface area contributed by atoms with Crippen LogP contribution in [0.1, 0.15) is 24.7 Å². The molecule has 4 heterocycles. The first-order chi connectivity index (χ1) is 11.7. The number of aromatic amines is 1. The van der Waals surface area contributed by atoms with E-state index < -0.39 is 0 Å². The van der Waals surface area contributed by atoms with Crippen molar-refractivity contribution < 1.29 is 0 Å². The van der Waals surface area contributed by atoms with Crippen LogP contribution in [0.3, 0.4) is 0 Å². The van der Waals surface area contributed by atoms with Crippen LogP contribution in [-0.2, 0) is 6.54 Å². The topological polar surface area (TPSA) is 81.4 Å². The van der Waals surface area contributed by atoms with Gasteiger partial charge in [0, 0.05) is 12.2 Å². The molecule has 1 fully saturated rings. The molecule has 4 aromatic rings. The number of rotatable bonds is 3. The average molecular weight is 341 g/mol. The summed E-state index contributed by atoms with van der Waals surface area (Å²) in [7, 11) is 0. The minimum atomic E-state index is -0.0213. The fraction of sp³-hybridized carbons (Fsp3) is 0.250. The van der Waals surface area contributed by atoms with Gasteiger partial charge in [0.15, 0.2) is 5.65 Å². The number of fused-ring (bicyclic) bond motifs is 2. The van der Waals surface area contributed by atoms with Crippen LogP contribution in [0.25, 0.3) is 22.2 Å². The summed E-state index contributed by atoms with van der Waals surface area (Å²) < 4.78 is 3.58. The molecule has 0 atom stereocenters. The molecule has 8 heteroatoms. The van der Waals surface area contributed by atoms with Crippen molar-refractivity contribution in [2.75, 3.05) is 0 Å². The summed E-state index contributed by atoms with van der Waals surface area (Å²) in [6, 6.07) is 5.74. The SMILES string of the molecule is O=c1n(Cc2nc3nc(Cl)ccc3[nH]2)c2cnccc2n1C1CC1. The van der Waals surface area contributed by atoms with E-state index in [0.717, 1.165) is 29.4 Å². The zero-order chi connectivity index (χ0) is 16.3. The highest BCUT2D eigenvalue weighted by Gasteiger charge is 2.29. The Hall–Kier alpha value is -2.67. The molecule has 1 aliphatic carbocycles. The number of aromatic nitrogens is 6. The monoisotopic (exact) mass is 340 g/mol. The van der Waals surface area contributed by atoms with E-state index in [1.807, 2.05) is 16.7 Å². The highest BCUT2D eigenvalue weighted by atomic mass is 35.5. The van der Waals surface area contributed by atoms with Crippen molar-refractivity contribution in [1.82, 2.24) is 29.1 Å². The molecule has 0 spiro atoms. The number of H-pyrrole nitrogens is 1. The fourth-order valence-corrected chi connectivity index (χ4v) is 3.25. The molecule has 7 nitrogen and oxygen atoms in total. The fourth-order valence-electron chi connectivity index (χ4n) is 3.11. The molecule has 0 saturated heterocycles. The van der Waals surface area contributed by atoms with Gasteiger partial charge < -0.3 is 4.98 Å². The second kappa shape index (κ2) is 4.91. The highest BCUT2D eigenvalue weighted by Crippen LogP contribution is 2.36. The largest absolute Gasteiger partial charge is 0.339 e. The van der Waals surface area contributed by atoms with Crippen molar-refractivity contribution >= 4 is 33.8 Å². The summed E-state index contributed by atoms with van der Waals surface area (Å²) in [5, 5.41) is 0.396. The van der Waals surface area contributed by atoms with Gasteiger partial charge in [-0.2, -0.15) is 0 Å². The summed E-state index contributed by atoms with van der Waals surface area (Å²) in [6.45, 7) is 0.342. The lowest BCUT2D eigenvalue weighted by Gasteiger charge is -1.99. The Morgan fingerprint density at radius 1 is 1.21 bits per heavy atom. The number of hydrogen-bond acceptors (Lipinski definition) is 4. The predicted octanol–water partition coefficient (Wildman–Crippen LogP) is 2.51. The number of nitrogens with zero attached hydrogens (tertiary/aromatic N) is 5. The third-order valence-corrected chi connectivity index (χ3v) is 4.56. The Balaban J connectivity index is 1.66. The van der Waals surface area contributed by atoms with Crippen LogP contribution < -0.4 is 5.69 Å². The van der Waals surface area contributed by atoms with Crippen molar-refractivity contribution in [2.45, 2.75) is 25.4 Å². The summed E-state index contributed by atoms with van der Waals surface area (Å²) in [5.41, 5.74) is 3.07. The average Bonchev–Trinajstić information content (AvgIpc) is 3.27. The van der Waals surface area contributed by atoms with Crippen molar-refractivity contribution in [1.29, 1.82) is 0 Å². The molecule has 4 aromatic heterocycles. The van der Waals surface area contributed by atoms with Crippen LogP contribution in [0.2, 0.25) is 5.15 Å². The molecule has 5 rings (SSSR count). The van der Waals surface area contributed by atoms with E-state index in [-0.39, 0.29) is 5.69 Å². The molecule has 1 N–H and O–H groups in total. The van der Waals surface area contributed by atoms with E-state index >= 15 is 0 Å². The summed E-state index contributed by atoms with van der Waals surface area (Å²) in [6.07, 6.45) is 5.55. The van der Waals surface area contributed by atoms with Crippen molar-refractivity contribution in [2.24, 2.45) is 0 Å². The molecule has 1 aliphatic rings. The smallest absolute Gasteiger partial charge is 0.329 e. The zero-order valence-corrected chi connectivity index (χ0v) is 13.4. The van der Waals surface area contributed by atoms with E-state index in [2.05, 4.69) is 19.9 Å². The maximum absolute atomic E-state index is 12.9. The zero-order valence-electron chi connectivity index (χ0n) is 12.6. The van der Waals surface area contributed by atoms with Gasteiger partial charge in [-0.05, 0) is 31.0 Å². The van der Waals surface area contributed by atoms with Crippen molar-refractivity contribution in [3.05, 3.63) is 52.1 Å². The Morgan fingerprint density at radius 3 is 2.92 bits per heavy atom. The van der Waals surface area contributed by atoms with Gasteiger partial charge in [-0.1, -0.05) is 11.6 Å². The Morgan fingerprint density at radius 2 is 2.08 bits per heavy atom. The van der Waals surface area contributed by atoms with E-state index in [4.69, 9.17) is 11.6 Å².